The number of carbonyl (C=O) groups is 1. The van der Waals surface area contributed by atoms with Crippen LogP contribution in [0, 0.1) is 6.92 Å². The molecule has 1 saturated heterocycles. The van der Waals surface area contributed by atoms with E-state index in [1.165, 1.54) is 11.1 Å². The number of thioether (sulfide) groups is 1. The molecule has 2 atom stereocenters. The number of aryl methyl sites for hydroxylation is 1. The third-order valence-electron chi connectivity index (χ3n) is 4.39. The van der Waals surface area contributed by atoms with Crippen LogP contribution in [0.25, 0.3) is 0 Å². The molecule has 1 aliphatic heterocycles. The third kappa shape index (κ3) is 7.15. The molecule has 3 N–H and O–H groups in total. The Labute approximate surface area is 161 Å². The van der Waals surface area contributed by atoms with Gasteiger partial charge in [0.2, 0.25) is 5.91 Å². The molecule has 7 heteroatoms. The molecule has 1 fully saturated rings. The Morgan fingerprint density at radius 3 is 2.56 bits per heavy atom. The number of amides is 1. The van der Waals surface area contributed by atoms with Crippen LogP contribution < -0.4 is 11.1 Å². The van der Waals surface area contributed by atoms with E-state index in [9.17, 15) is 4.79 Å². The Kier molecular flexibility index (Phi) is 10.5. The van der Waals surface area contributed by atoms with Crippen LogP contribution in [0.4, 0.5) is 0 Å². The second kappa shape index (κ2) is 11.8. The molecule has 0 saturated carbocycles. The van der Waals surface area contributed by atoms with Crippen molar-refractivity contribution < 1.29 is 9.53 Å². The van der Waals surface area contributed by atoms with E-state index >= 15 is 0 Å². The fraction of sp³-hybridized carbons (Fsp3) is 0.611. The lowest BCUT2D eigenvalue weighted by atomic mass is 10.0. The Bertz CT molecular complexity index is 510. The second-order valence-corrected chi connectivity index (χ2v) is 7.19. The second-order valence-electron chi connectivity index (χ2n) is 6.21. The normalized spacial score (nSPS) is 17.4. The molecule has 1 aromatic rings. The van der Waals surface area contributed by atoms with Crippen molar-refractivity contribution in [2.24, 2.45) is 5.73 Å². The number of benzene rings is 1. The van der Waals surface area contributed by atoms with Gasteiger partial charge in [0.05, 0.1) is 25.3 Å². The molecule has 5 nitrogen and oxygen atoms in total. The first-order valence-corrected chi connectivity index (χ1v) is 9.91. The van der Waals surface area contributed by atoms with E-state index in [1.807, 2.05) is 6.26 Å². The van der Waals surface area contributed by atoms with Crippen LogP contribution in [0.5, 0.6) is 0 Å². The van der Waals surface area contributed by atoms with Gasteiger partial charge in [0.1, 0.15) is 0 Å². The average Bonchev–Trinajstić information content (AvgIpc) is 2.62. The lowest BCUT2D eigenvalue weighted by Crippen LogP contribution is -2.47. The number of nitrogens with zero attached hydrogens (tertiary/aromatic N) is 1. The van der Waals surface area contributed by atoms with E-state index in [-0.39, 0.29) is 24.4 Å². The predicted molar refractivity (Wildman–Crippen MR) is 108 cm³/mol. The number of rotatable bonds is 8. The molecule has 0 aliphatic carbocycles. The van der Waals surface area contributed by atoms with Gasteiger partial charge in [0.25, 0.3) is 0 Å². The molecular formula is C18H30ClN3O2S. The first kappa shape index (κ1) is 22.3. The molecule has 0 aromatic heterocycles. The highest BCUT2D eigenvalue weighted by Gasteiger charge is 2.24. The molecule has 25 heavy (non-hydrogen) atoms. The monoisotopic (exact) mass is 387 g/mol. The summed E-state index contributed by atoms with van der Waals surface area (Å²) in [6.07, 6.45) is 2.73. The quantitative estimate of drug-likeness (QED) is 0.714. The Morgan fingerprint density at radius 1 is 1.32 bits per heavy atom. The van der Waals surface area contributed by atoms with Crippen LogP contribution in [0.3, 0.4) is 0 Å². The Morgan fingerprint density at radius 2 is 1.96 bits per heavy atom. The lowest BCUT2D eigenvalue weighted by molar-refractivity contribution is -0.122. The zero-order valence-electron chi connectivity index (χ0n) is 15.1. The van der Waals surface area contributed by atoms with Crippen LogP contribution in [0.2, 0.25) is 0 Å². The van der Waals surface area contributed by atoms with Gasteiger partial charge in [-0.1, -0.05) is 29.8 Å². The molecule has 0 spiro atoms. The first-order valence-electron chi connectivity index (χ1n) is 8.52. The topological polar surface area (TPSA) is 67.6 Å². The minimum atomic E-state index is -0.430. The van der Waals surface area contributed by atoms with Crippen LogP contribution in [0.1, 0.15) is 23.6 Å². The van der Waals surface area contributed by atoms with Crippen LogP contribution >= 0.6 is 24.2 Å². The molecule has 0 radical (unpaired) electrons. The number of nitrogens with two attached hydrogens (primary N) is 1. The standard InChI is InChI=1S/C18H29N3O2S.ClH/c1-14-3-5-15(6-4-14)17(21-8-10-23-11-9-21)13-20-18(22)16(19)7-12-24-2;/h3-6,16-17H,7-13,19H2,1-2H3,(H,20,22);1H/t16-,17?;/m0./s1. The van der Waals surface area contributed by atoms with Gasteiger partial charge in [-0.2, -0.15) is 11.8 Å². The fourth-order valence-corrected chi connectivity index (χ4v) is 3.33. The van der Waals surface area contributed by atoms with Crippen molar-refractivity contribution in [1.82, 2.24) is 10.2 Å². The molecular weight excluding hydrogens is 358 g/mol. The van der Waals surface area contributed by atoms with Crippen LogP contribution in [0.15, 0.2) is 24.3 Å². The lowest BCUT2D eigenvalue weighted by Gasteiger charge is -2.35. The van der Waals surface area contributed by atoms with Crippen molar-refractivity contribution >= 4 is 30.1 Å². The van der Waals surface area contributed by atoms with Crippen molar-refractivity contribution in [3.05, 3.63) is 35.4 Å². The Balaban J connectivity index is 0.00000312. The van der Waals surface area contributed by atoms with E-state index in [0.29, 0.717) is 13.0 Å². The van der Waals surface area contributed by atoms with E-state index in [2.05, 4.69) is 41.4 Å². The van der Waals surface area contributed by atoms with Crippen LogP contribution in [-0.4, -0.2) is 61.7 Å². The molecule has 1 unspecified atom stereocenters. The van der Waals surface area contributed by atoms with Gasteiger partial charge >= 0.3 is 0 Å². The van der Waals surface area contributed by atoms with Crippen molar-refractivity contribution in [1.29, 1.82) is 0 Å². The molecule has 2 rings (SSSR count). The predicted octanol–water partition coefficient (Wildman–Crippen LogP) is 1.99. The summed E-state index contributed by atoms with van der Waals surface area (Å²) in [6.45, 7) is 5.90. The third-order valence-corrected chi connectivity index (χ3v) is 5.03. The van der Waals surface area contributed by atoms with Crippen molar-refractivity contribution in [3.63, 3.8) is 0 Å². The maximum atomic E-state index is 12.2. The summed E-state index contributed by atoms with van der Waals surface area (Å²) in [5, 5.41) is 3.05. The molecule has 1 aliphatic rings. The molecule has 1 amide bonds. The summed E-state index contributed by atoms with van der Waals surface area (Å²) in [4.78, 5) is 14.6. The summed E-state index contributed by atoms with van der Waals surface area (Å²) in [5.74, 6) is 0.842. The van der Waals surface area contributed by atoms with Gasteiger partial charge in [0, 0.05) is 19.6 Å². The highest BCUT2D eigenvalue weighted by atomic mass is 35.5. The summed E-state index contributed by atoms with van der Waals surface area (Å²) in [5.41, 5.74) is 8.43. The minimum absolute atomic E-state index is 0. The number of ether oxygens (including phenoxy) is 1. The molecule has 1 aromatic carbocycles. The van der Waals surface area contributed by atoms with Gasteiger partial charge in [-0.25, -0.2) is 0 Å². The minimum Gasteiger partial charge on any atom is -0.379 e. The van der Waals surface area contributed by atoms with Crippen molar-refractivity contribution in [2.45, 2.75) is 25.4 Å². The largest absolute Gasteiger partial charge is 0.379 e. The summed E-state index contributed by atoms with van der Waals surface area (Å²) in [6, 6.07) is 8.26. The highest BCUT2D eigenvalue weighted by molar-refractivity contribution is 7.98. The molecule has 142 valence electrons. The number of hydrogen-bond donors (Lipinski definition) is 2. The average molecular weight is 388 g/mol. The number of hydrogen-bond acceptors (Lipinski definition) is 5. The van der Waals surface area contributed by atoms with E-state index in [4.69, 9.17) is 10.5 Å². The molecule has 1 heterocycles. The zero-order valence-corrected chi connectivity index (χ0v) is 16.7. The number of morpholine rings is 1. The first-order chi connectivity index (χ1) is 11.6. The number of halogens is 1. The molecule has 0 bridgehead atoms. The SMILES string of the molecule is CSCC[C@H](N)C(=O)NCC(c1ccc(C)cc1)N1CCOCC1.Cl. The van der Waals surface area contributed by atoms with Gasteiger partial charge in [-0.15, -0.1) is 12.4 Å². The van der Waals surface area contributed by atoms with Crippen molar-refractivity contribution in [3.8, 4) is 0 Å². The summed E-state index contributed by atoms with van der Waals surface area (Å²) < 4.78 is 5.46. The van der Waals surface area contributed by atoms with Crippen LogP contribution in [-0.2, 0) is 9.53 Å². The van der Waals surface area contributed by atoms with Gasteiger partial charge in [0.15, 0.2) is 0 Å². The zero-order chi connectivity index (χ0) is 17.4. The summed E-state index contributed by atoms with van der Waals surface area (Å²) in [7, 11) is 0. The van der Waals surface area contributed by atoms with Gasteiger partial charge < -0.3 is 15.8 Å². The maximum absolute atomic E-state index is 12.2. The van der Waals surface area contributed by atoms with E-state index < -0.39 is 6.04 Å². The van der Waals surface area contributed by atoms with E-state index in [1.54, 1.807) is 11.8 Å². The number of carbonyl (C=O) groups excluding carboxylic acids is 1. The Hall–Kier alpha value is -0.790. The number of nitrogens with one attached hydrogen (secondary N) is 1. The van der Waals surface area contributed by atoms with E-state index in [0.717, 1.165) is 32.1 Å². The highest BCUT2D eigenvalue weighted by Crippen LogP contribution is 2.21. The summed E-state index contributed by atoms with van der Waals surface area (Å²) >= 11 is 1.71. The van der Waals surface area contributed by atoms with Crippen molar-refractivity contribution in [2.75, 3.05) is 44.9 Å². The maximum Gasteiger partial charge on any atom is 0.237 e. The van der Waals surface area contributed by atoms with Gasteiger partial charge in [-0.05, 0) is 30.9 Å². The fourth-order valence-electron chi connectivity index (χ4n) is 2.84. The van der Waals surface area contributed by atoms with Gasteiger partial charge in [-0.3, -0.25) is 9.69 Å². The smallest absolute Gasteiger partial charge is 0.237 e.